The maximum atomic E-state index is 12.0. The minimum atomic E-state index is -1.22. The molecule has 0 saturated heterocycles. The van der Waals surface area contributed by atoms with Crippen molar-refractivity contribution in [3.8, 4) is 0 Å². The second-order valence-electron chi connectivity index (χ2n) is 5.66. The lowest BCUT2D eigenvalue weighted by Gasteiger charge is -2.33. The Morgan fingerprint density at radius 1 is 1.13 bits per heavy atom. The molecule has 7 heteroatoms. The highest BCUT2D eigenvalue weighted by Crippen LogP contribution is 2.28. The highest BCUT2D eigenvalue weighted by Gasteiger charge is 2.40. The van der Waals surface area contributed by atoms with E-state index in [9.17, 15) is 19.5 Å². The fraction of sp³-hybridized carbons (Fsp3) is 0.438. The monoisotopic (exact) mass is 338 g/mol. The minimum absolute atomic E-state index is 0.271. The summed E-state index contributed by atoms with van der Waals surface area (Å²) in [6.07, 6.45) is 3.31. The number of aliphatic carboxylic acids is 1. The van der Waals surface area contributed by atoms with Crippen LogP contribution in [0.1, 0.15) is 42.5 Å². The number of hydrogen-bond acceptors (Lipinski definition) is 3. The van der Waals surface area contributed by atoms with E-state index < -0.39 is 23.3 Å². The van der Waals surface area contributed by atoms with Crippen molar-refractivity contribution in [2.45, 2.75) is 37.6 Å². The molecule has 1 aromatic rings. The van der Waals surface area contributed by atoms with Crippen LogP contribution in [-0.2, 0) is 9.59 Å². The molecule has 1 fully saturated rings. The van der Waals surface area contributed by atoms with Crippen molar-refractivity contribution in [3.63, 3.8) is 0 Å². The number of benzene rings is 1. The summed E-state index contributed by atoms with van der Waals surface area (Å²) < 4.78 is 0. The lowest BCUT2D eigenvalue weighted by Crippen LogP contribution is -2.57. The number of carboxylic acids is 1. The molecule has 0 atom stereocenters. The first-order chi connectivity index (χ1) is 10.9. The SMILES string of the molecule is O=C(CNC(=O)c1ccccc1Cl)NC1(C(=O)O)CCCCC1. The molecule has 1 saturated carbocycles. The van der Waals surface area contributed by atoms with E-state index in [1.165, 1.54) is 0 Å². The molecule has 0 bridgehead atoms. The predicted octanol–water partition coefficient (Wildman–Crippen LogP) is 1.97. The van der Waals surface area contributed by atoms with Crippen LogP contribution in [0.5, 0.6) is 0 Å². The Morgan fingerprint density at radius 3 is 2.39 bits per heavy atom. The molecule has 0 aromatic heterocycles. The Labute approximate surface area is 139 Å². The van der Waals surface area contributed by atoms with Gasteiger partial charge in [-0.2, -0.15) is 0 Å². The molecule has 0 spiro atoms. The number of rotatable bonds is 5. The summed E-state index contributed by atoms with van der Waals surface area (Å²) in [5.74, 6) is -2.02. The van der Waals surface area contributed by atoms with Gasteiger partial charge in [0.05, 0.1) is 17.1 Å². The minimum Gasteiger partial charge on any atom is -0.480 e. The molecule has 23 heavy (non-hydrogen) atoms. The summed E-state index contributed by atoms with van der Waals surface area (Å²) in [5, 5.41) is 14.7. The number of amides is 2. The van der Waals surface area contributed by atoms with Crippen LogP contribution in [0.4, 0.5) is 0 Å². The van der Waals surface area contributed by atoms with Gasteiger partial charge in [0.2, 0.25) is 5.91 Å². The number of nitrogens with one attached hydrogen (secondary N) is 2. The molecule has 1 aromatic carbocycles. The van der Waals surface area contributed by atoms with Crippen LogP contribution in [0.3, 0.4) is 0 Å². The van der Waals surface area contributed by atoms with Crippen LogP contribution in [0, 0.1) is 0 Å². The molecule has 124 valence electrons. The fourth-order valence-electron chi connectivity index (χ4n) is 2.76. The molecule has 0 unspecified atom stereocenters. The van der Waals surface area contributed by atoms with Gasteiger partial charge in [0.1, 0.15) is 5.54 Å². The third kappa shape index (κ3) is 4.22. The van der Waals surface area contributed by atoms with Crippen molar-refractivity contribution in [1.29, 1.82) is 0 Å². The second kappa shape index (κ2) is 7.46. The van der Waals surface area contributed by atoms with E-state index in [1.54, 1.807) is 24.3 Å². The van der Waals surface area contributed by atoms with Crippen molar-refractivity contribution in [2.75, 3.05) is 6.54 Å². The summed E-state index contributed by atoms with van der Waals surface area (Å²) >= 11 is 5.91. The van der Waals surface area contributed by atoms with Crippen LogP contribution in [0.15, 0.2) is 24.3 Å². The molecular weight excluding hydrogens is 320 g/mol. The molecule has 3 N–H and O–H groups in total. The van der Waals surface area contributed by atoms with E-state index in [-0.39, 0.29) is 12.1 Å². The van der Waals surface area contributed by atoms with Crippen molar-refractivity contribution < 1.29 is 19.5 Å². The van der Waals surface area contributed by atoms with Crippen LogP contribution >= 0.6 is 11.6 Å². The van der Waals surface area contributed by atoms with Crippen LogP contribution in [0.2, 0.25) is 5.02 Å². The summed E-state index contributed by atoms with van der Waals surface area (Å²) in [4.78, 5) is 35.5. The van der Waals surface area contributed by atoms with Crippen molar-refractivity contribution in [1.82, 2.24) is 10.6 Å². The molecular formula is C16H19ClN2O4. The molecule has 0 radical (unpaired) electrons. The van der Waals surface area contributed by atoms with Gasteiger partial charge >= 0.3 is 5.97 Å². The van der Waals surface area contributed by atoms with Gasteiger partial charge in [-0.3, -0.25) is 9.59 Å². The average Bonchev–Trinajstić information content (AvgIpc) is 2.54. The zero-order valence-corrected chi connectivity index (χ0v) is 13.4. The smallest absolute Gasteiger partial charge is 0.329 e. The molecule has 2 amide bonds. The van der Waals surface area contributed by atoms with Crippen molar-refractivity contribution >= 4 is 29.4 Å². The topological polar surface area (TPSA) is 95.5 Å². The summed E-state index contributed by atoms with van der Waals surface area (Å²) in [6.45, 7) is -0.293. The first-order valence-corrected chi connectivity index (χ1v) is 7.89. The zero-order chi connectivity index (χ0) is 16.9. The van der Waals surface area contributed by atoms with Gasteiger partial charge in [-0.05, 0) is 25.0 Å². The molecule has 2 rings (SSSR count). The quantitative estimate of drug-likeness (QED) is 0.765. The van der Waals surface area contributed by atoms with Crippen LogP contribution < -0.4 is 10.6 Å². The lowest BCUT2D eigenvalue weighted by molar-refractivity contribution is -0.149. The average molecular weight is 339 g/mol. The molecule has 0 heterocycles. The fourth-order valence-corrected chi connectivity index (χ4v) is 2.98. The lowest BCUT2D eigenvalue weighted by atomic mass is 9.81. The van der Waals surface area contributed by atoms with Gasteiger partial charge in [0, 0.05) is 0 Å². The van der Waals surface area contributed by atoms with E-state index >= 15 is 0 Å². The first-order valence-electron chi connectivity index (χ1n) is 7.52. The van der Waals surface area contributed by atoms with E-state index in [4.69, 9.17) is 11.6 Å². The number of halogens is 1. The van der Waals surface area contributed by atoms with Gasteiger partial charge in [-0.15, -0.1) is 0 Å². The Morgan fingerprint density at radius 2 is 1.78 bits per heavy atom. The number of carboxylic acid groups (broad SMARTS) is 1. The molecule has 1 aliphatic rings. The van der Waals surface area contributed by atoms with E-state index in [0.717, 1.165) is 19.3 Å². The maximum absolute atomic E-state index is 12.0. The van der Waals surface area contributed by atoms with Gasteiger partial charge < -0.3 is 15.7 Å². The van der Waals surface area contributed by atoms with E-state index in [2.05, 4.69) is 10.6 Å². The highest BCUT2D eigenvalue weighted by atomic mass is 35.5. The zero-order valence-electron chi connectivity index (χ0n) is 12.6. The van der Waals surface area contributed by atoms with Crippen molar-refractivity contribution in [3.05, 3.63) is 34.9 Å². The Balaban J connectivity index is 1.93. The van der Waals surface area contributed by atoms with E-state index in [0.29, 0.717) is 17.9 Å². The first kappa shape index (κ1) is 17.3. The maximum Gasteiger partial charge on any atom is 0.329 e. The summed E-state index contributed by atoms with van der Waals surface area (Å²) in [5.41, 5.74) is -0.947. The highest BCUT2D eigenvalue weighted by molar-refractivity contribution is 6.33. The molecule has 6 nitrogen and oxygen atoms in total. The Kier molecular flexibility index (Phi) is 5.60. The largest absolute Gasteiger partial charge is 0.480 e. The van der Waals surface area contributed by atoms with Crippen molar-refractivity contribution in [2.24, 2.45) is 0 Å². The standard InChI is InChI=1S/C16H19ClN2O4/c17-12-7-3-2-6-11(12)14(21)18-10-13(20)19-16(15(22)23)8-4-1-5-9-16/h2-3,6-7H,1,4-5,8-10H2,(H,18,21)(H,19,20)(H,22,23). The normalized spacial score (nSPS) is 16.4. The number of carbonyl (C=O) groups excluding carboxylic acids is 2. The number of carbonyl (C=O) groups is 3. The van der Waals surface area contributed by atoms with E-state index in [1.807, 2.05) is 0 Å². The van der Waals surface area contributed by atoms with Crippen LogP contribution in [0.25, 0.3) is 0 Å². The van der Waals surface area contributed by atoms with Crippen LogP contribution in [-0.4, -0.2) is 35.0 Å². The molecule has 1 aliphatic carbocycles. The van der Waals surface area contributed by atoms with Gasteiger partial charge in [0.15, 0.2) is 0 Å². The second-order valence-corrected chi connectivity index (χ2v) is 6.07. The van der Waals surface area contributed by atoms with Gasteiger partial charge in [-0.25, -0.2) is 4.79 Å². The summed E-state index contributed by atoms with van der Waals surface area (Å²) in [6, 6.07) is 6.50. The molecule has 0 aliphatic heterocycles. The predicted molar refractivity (Wildman–Crippen MR) is 85.4 cm³/mol. The summed E-state index contributed by atoms with van der Waals surface area (Å²) in [7, 11) is 0. The van der Waals surface area contributed by atoms with Gasteiger partial charge in [0.25, 0.3) is 5.91 Å². The third-order valence-electron chi connectivity index (χ3n) is 4.02. The van der Waals surface area contributed by atoms with Gasteiger partial charge in [-0.1, -0.05) is 43.0 Å². The third-order valence-corrected chi connectivity index (χ3v) is 4.35. The Bertz CT molecular complexity index is 612. The number of hydrogen-bond donors (Lipinski definition) is 3. The Hall–Kier alpha value is -2.08.